The van der Waals surface area contributed by atoms with Crippen LogP contribution in [-0.2, 0) is 9.84 Å². The van der Waals surface area contributed by atoms with Crippen LogP contribution in [0.15, 0.2) is 33.1 Å². The SMILES string of the molecule is CC(c1nc(-c2ccnc(C3CC3)c2)no1)c1cc(S(C)(=O)=O)sc1C(N)=O. The molecule has 1 atom stereocenters. The van der Waals surface area contributed by atoms with Crippen molar-refractivity contribution in [2.75, 3.05) is 6.26 Å². The second kappa shape index (κ2) is 6.78. The van der Waals surface area contributed by atoms with Gasteiger partial charge in [-0.3, -0.25) is 9.78 Å². The van der Waals surface area contributed by atoms with Crippen LogP contribution in [-0.4, -0.2) is 35.7 Å². The molecule has 3 heterocycles. The molecule has 0 radical (unpaired) electrons. The van der Waals surface area contributed by atoms with E-state index in [0.717, 1.165) is 41.7 Å². The lowest BCUT2D eigenvalue weighted by atomic mass is 10.0. The van der Waals surface area contributed by atoms with Crippen LogP contribution in [0.3, 0.4) is 0 Å². The maximum atomic E-state index is 11.9. The first-order chi connectivity index (χ1) is 13.2. The first-order valence-electron chi connectivity index (χ1n) is 8.67. The lowest BCUT2D eigenvalue weighted by Crippen LogP contribution is -2.12. The largest absolute Gasteiger partial charge is 0.365 e. The van der Waals surface area contributed by atoms with E-state index in [9.17, 15) is 13.2 Å². The molecule has 4 rings (SSSR count). The number of hydrogen-bond donors (Lipinski definition) is 1. The summed E-state index contributed by atoms with van der Waals surface area (Å²) in [5.74, 6) is 0.0269. The summed E-state index contributed by atoms with van der Waals surface area (Å²) >= 11 is 0.852. The molecule has 1 saturated carbocycles. The number of carbonyl (C=O) groups is 1. The van der Waals surface area contributed by atoms with Gasteiger partial charge in [0.2, 0.25) is 11.7 Å². The van der Waals surface area contributed by atoms with Gasteiger partial charge in [-0.05, 0) is 43.5 Å². The van der Waals surface area contributed by atoms with Crippen molar-refractivity contribution in [1.82, 2.24) is 15.1 Å². The number of primary amides is 1. The summed E-state index contributed by atoms with van der Waals surface area (Å²) < 4.78 is 29.2. The number of aromatic nitrogens is 3. The highest BCUT2D eigenvalue weighted by atomic mass is 32.2. The Morgan fingerprint density at radius 1 is 1.36 bits per heavy atom. The number of amides is 1. The van der Waals surface area contributed by atoms with Crippen LogP contribution in [0.1, 0.15) is 58.4 Å². The van der Waals surface area contributed by atoms with Crippen molar-refractivity contribution in [1.29, 1.82) is 0 Å². The van der Waals surface area contributed by atoms with E-state index in [0.29, 0.717) is 17.3 Å². The predicted octanol–water partition coefficient (Wildman–Crippen LogP) is 2.72. The third-order valence-electron chi connectivity index (χ3n) is 4.64. The Balaban J connectivity index is 1.68. The Hall–Kier alpha value is -2.59. The topological polar surface area (TPSA) is 129 Å². The second-order valence-electron chi connectivity index (χ2n) is 6.91. The molecule has 1 fully saturated rings. The molecule has 3 aromatic rings. The van der Waals surface area contributed by atoms with Gasteiger partial charge in [0.25, 0.3) is 5.91 Å². The van der Waals surface area contributed by atoms with Gasteiger partial charge in [-0.25, -0.2) is 8.42 Å². The normalized spacial score (nSPS) is 15.5. The monoisotopic (exact) mass is 418 g/mol. The van der Waals surface area contributed by atoms with Crippen molar-refractivity contribution in [2.24, 2.45) is 5.73 Å². The Bertz CT molecular complexity index is 1160. The minimum absolute atomic E-state index is 0.0751. The highest BCUT2D eigenvalue weighted by Crippen LogP contribution is 2.40. The van der Waals surface area contributed by atoms with Crippen molar-refractivity contribution >= 4 is 27.1 Å². The fourth-order valence-electron chi connectivity index (χ4n) is 2.93. The molecule has 0 bridgehead atoms. The quantitative estimate of drug-likeness (QED) is 0.651. The van der Waals surface area contributed by atoms with E-state index in [2.05, 4.69) is 15.1 Å². The lowest BCUT2D eigenvalue weighted by molar-refractivity contribution is 0.100. The summed E-state index contributed by atoms with van der Waals surface area (Å²) in [6.45, 7) is 1.76. The number of pyridine rings is 1. The van der Waals surface area contributed by atoms with Crippen LogP contribution >= 0.6 is 11.3 Å². The first-order valence-corrected chi connectivity index (χ1v) is 11.4. The minimum atomic E-state index is -3.46. The van der Waals surface area contributed by atoms with Crippen molar-refractivity contribution in [2.45, 2.75) is 35.8 Å². The van der Waals surface area contributed by atoms with Crippen molar-refractivity contribution < 1.29 is 17.7 Å². The Morgan fingerprint density at radius 2 is 2.11 bits per heavy atom. The summed E-state index contributed by atoms with van der Waals surface area (Å²) in [7, 11) is -3.46. The van der Waals surface area contributed by atoms with E-state index in [1.165, 1.54) is 6.07 Å². The Labute approximate surface area is 165 Å². The summed E-state index contributed by atoms with van der Waals surface area (Å²) in [5.41, 5.74) is 7.72. The first kappa shape index (κ1) is 18.8. The number of thiophene rings is 1. The van der Waals surface area contributed by atoms with E-state index >= 15 is 0 Å². The van der Waals surface area contributed by atoms with E-state index < -0.39 is 21.7 Å². The molecule has 8 nitrogen and oxygen atoms in total. The fraction of sp³-hybridized carbons (Fsp3) is 0.333. The van der Waals surface area contributed by atoms with Gasteiger partial charge in [0.05, 0.1) is 10.8 Å². The zero-order valence-corrected chi connectivity index (χ0v) is 16.9. The minimum Gasteiger partial charge on any atom is -0.365 e. The molecular weight excluding hydrogens is 400 g/mol. The molecule has 3 aromatic heterocycles. The number of nitrogens with two attached hydrogens (primary N) is 1. The highest BCUT2D eigenvalue weighted by Gasteiger charge is 2.28. The summed E-state index contributed by atoms with van der Waals surface area (Å²) in [5, 5.41) is 4.04. The maximum absolute atomic E-state index is 11.9. The molecule has 1 aliphatic rings. The van der Waals surface area contributed by atoms with E-state index in [-0.39, 0.29) is 15.0 Å². The standard InChI is InChI=1S/C18H18N4O4S2/c1-9(12-8-14(28(2,24)25)27-15(12)16(19)23)18-21-17(22-26-18)11-5-6-20-13(7-11)10-3-4-10/h5-10H,3-4H2,1-2H3,(H2,19,23). The summed E-state index contributed by atoms with van der Waals surface area (Å²) in [4.78, 5) is 20.8. The van der Waals surface area contributed by atoms with E-state index in [4.69, 9.17) is 10.3 Å². The van der Waals surface area contributed by atoms with Gasteiger partial charge in [0, 0.05) is 29.6 Å². The molecule has 10 heteroatoms. The van der Waals surface area contributed by atoms with Crippen LogP contribution in [0.5, 0.6) is 0 Å². The average Bonchev–Trinajstić information content (AvgIpc) is 3.19. The molecule has 146 valence electrons. The molecule has 1 aliphatic carbocycles. The number of rotatable bonds is 6. The zero-order valence-electron chi connectivity index (χ0n) is 15.2. The molecular formula is C18H18N4O4S2. The van der Waals surface area contributed by atoms with Crippen LogP contribution in [0.25, 0.3) is 11.4 Å². The molecule has 0 saturated heterocycles. The van der Waals surface area contributed by atoms with Gasteiger partial charge in [-0.1, -0.05) is 5.16 Å². The number of hydrogen-bond acceptors (Lipinski definition) is 8. The maximum Gasteiger partial charge on any atom is 0.259 e. The smallest absolute Gasteiger partial charge is 0.259 e. The van der Waals surface area contributed by atoms with Crippen molar-refractivity contribution in [3.05, 3.63) is 46.4 Å². The van der Waals surface area contributed by atoms with Gasteiger partial charge >= 0.3 is 0 Å². The van der Waals surface area contributed by atoms with Crippen LogP contribution in [0.4, 0.5) is 0 Å². The van der Waals surface area contributed by atoms with Crippen LogP contribution in [0.2, 0.25) is 0 Å². The molecule has 0 aromatic carbocycles. The summed E-state index contributed by atoms with van der Waals surface area (Å²) in [6, 6.07) is 5.22. The predicted molar refractivity (Wildman–Crippen MR) is 103 cm³/mol. The summed E-state index contributed by atoms with van der Waals surface area (Å²) in [6.07, 6.45) is 5.10. The Kier molecular flexibility index (Phi) is 4.54. The molecule has 2 N–H and O–H groups in total. The Morgan fingerprint density at radius 3 is 2.75 bits per heavy atom. The van der Waals surface area contributed by atoms with Crippen molar-refractivity contribution in [3.8, 4) is 11.4 Å². The van der Waals surface area contributed by atoms with E-state index in [1.54, 1.807) is 13.1 Å². The number of nitrogens with zero attached hydrogens (tertiary/aromatic N) is 3. The molecule has 0 aliphatic heterocycles. The van der Waals surface area contributed by atoms with Gasteiger partial charge in [-0.15, -0.1) is 11.3 Å². The third kappa shape index (κ3) is 3.57. The molecule has 1 unspecified atom stereocenters. The van der Waals surface area contributed by atoms with Crippen LogP contribution < -0.4 is 5.73 Å². The lowest BCUT2D eigenvalue weighted by Gasteiger charge is -2.05. The van der Waals surface area contributed by atoms with Gasteiger partial charge in [0.15, 0.2) is 9.84 Å². The molecule has 1 amide bonds. The average molecular weight is 419 g/mol. The fourth-order valence-corrected chi connectivity index (χ4v) is 4.97. The highest BCUT2D eigenvalue weighted by molar-refractivity contribution is 7.92. The second-order valence-corrected chi connectivity index (χ2v) is 10.2. The van der Waals surface area contributed by atoms with Gasteiger partial charge in [0.1, 0.15) is 4.21 Å². The van der Waals surface area contributed by atoms with Gasteiger partial charge in [-0.2, -0.15) is 4.98 Å². The zero-order chi connectivity index (χ0) is 20.1. The molecule has 0 spiro atoms. The number of sulfone groups is 1. The molecule has 28 heavy (non-hydrogen) atoms. The third-order valence-corrected chi connectivity index (χ3v) is 7.61. The van der Waals surface area contributed by atoms with Gasteiger partial charge < -0.3 is 10.3 Å². The van der Waals surface area contributed by atoms with Crippen molar-refractivity contribution in [3.63, 3.8) is 0 Å². The number of carbonyl (C=O) groups excluding carboxylic acids is 1. The van der Waals surface area contributed by atoms with Crippen LogP contribution in [0, 0.1) is 0 Å². The van der Waals surface area contributed by atoms with E-state index in [1.807, 2.05) is 12.1 Å².